The Morgan fingerprint density at radius 3 is 2.61 bits per heavy atom. The smallest absolute Gasteiger partial charge is 0.242 e. The first-order valence-electron chi connectivity index (χ1n) is 10.5. The maximum atomic E-state index is 12.5. The van der Waals surface area contributed by atoms with E-state index in [1.54, 1.807) is 19.2 Å². The number of benzene rings is 2. The highest BCUT2D eigenvalue weighted by atomic mass is 32.2. The Kier molecular flexibility index (Phi) is 7.69. The van der Waals surface area contributed by atoms with Crippen LogP contribution in [0.4, 0.5) is 11.4 Å². The number of nitrogens with one attached hydrogen (secondary N) is 1. The van der Waals surface area contributed by atoms with Crippen LogP contribution in [0.25, 0.3) is 0 Å². The molecule has 3 rings (SSSR count). The van der Waals surface area contributed by atoms with Crippen molar-refractivity contribution in [1.82, 2.24) is 4.31 Å². The molecule has 1 N–H and O–H groups in total. The Morgan fingerprint density at radius 2 is 1.90 bits per heavy atom. The number of anilines is 1. The molecule has 8 heteroatoms. The number of aliphatic imine (C=N–C) groups is 1. The second-order valence-corrected chi connectivity index (χ2v) is 9.80. The van der Waals surface area contributed by atoms with Gasteiger partial charge in [-0.3, -0.25) is 4.99 Å². The third-order valence-electron chi connectivity index (χ3n) is 5.29. The van der Waals surface area contributed by atoms with E-state index in [9.17, 15) is 8.42 Å². The van der Waals surface area contributed by atoms with E-state index >= 15 is 0 Å². The van der Waals surface area contributed by atoms with E-state index in [1.165, 1.54) is 18.4 Å². The molecule has 0 saturated heterocycles. The van der Waals surface area contributed by atoms with Crippen molar-refractivity contribution < 1.29 is 17.9 Å². The minimum Gasteiger partial charge on any atom is -0.489 e. The number of nitrogens with zero attached hydrogens (tertiary/aromatic N) is 2. The third kappa shape index (κ3) is 5.26. The summed E-state index contributed by atoms with van der Waals surface area (Å²) in [5.41, 5.74) is 3.72. The van der Waals surface area contributed by atoms with Crippen LogP contribution in [0.2, 0.25) is 0 Å². The molecule has 0 fully saturated rings. The highest BCUT2D eigenvalue weighted by Crippen LogP contribution is 2.40. The number of sulfonamides is 1. The van der Waals surface area contributed by atoms with Crippen LogP contribution in [0.5, 0.6) is 5.75 Å². The molecule has 7 nitrogen and oxygen atoms in total. The number of methoxy groups -OCH3 is 1. The molecule has 1 unspecified atom stereocenters. The van der Waals surface area contributed by atoms with E-state index in [4.69, 9.17) is 14.5 Å². The van der Waals surface area contributed by atoms with Gasteiger partial charge in [0.1, 0.15) is 12.4 Å². The molecule has 1 aliphatic heterocycles. The summed E-state index contributed by atoms with van der Waals surface area (Å²) >= 11 is 0. The lowest BCUT2D eigenvalue weighted by Crippen LogP contribution is -2.22. The summed E-state index contributed by atoms with van der Waals surface area (Å²) in [6.45, 7) is 3.70. The Morgan fingerprint density at radius 1 is 1.13 bits per heavy atom. The highest BCUT2D eigenvalue weighted by Gasteiger charge is 2.28. The maximum Gasteiger partial charge on any atom is 0.242 e. The Hall–Kier alpha value is -2.42. The molecular formula is C23H31N3O4S. The zero-order valence-electron chi connectivity index (χ0n) is 18.6. The molecular weight excluding hydrogens is 414 g/mol. The van der Waals surface area contributed by atoms with Crippen LogP contribution >= 0.6 is 0 Å². The minimum atomic E-state index is -3.50. The first-order chi connectivity index (χ1) is 14.9. The molecule has 1 aliphatic rings. The molecule has 0 radical (unpaired) electrons. The van der Waals surface area contributed by atoms with Crippen molar-refractivity contribution in [3.05, 3.63) is 48.0 Å². The summed E-state index contributed by atoms with van der Waals surface area (Å²) in [6.07, 6.45) is 1.97. The summed E-state index contributed by atoms with van der Waals surface area (Å²) < 4.78 is 37.1. The first-order valence-corrected chi connectivity index (χ1v) is 11.9. The SMILES string of the molecule is CCCC1C(CNc2ccccc2OCCOC)=Nc2cc(S(=O)(=O)N(C)C)ccc21. The Bertz CT molecular complexity index is 1030. The molecule has 0 saturated carbocycles. The van der Waals surface area contributed by atoms with Gasteiger partial charge in [-0.25, -0.2) is 12.7 Å². The molecule has 0 spiro atoms. The van der Waals surface area contributed by atoms with Gasteiger partial charge in [0.2, 0.25) is 10.0 Å². The zero-order chi connectivity index (χ0) is 22.4. The second-order valence-electron chi connectivity index (χ2n) is 7.64. The summed E-state index contributed by atoms with van der Waals surface area (Å²) in [5.74, 6) is 0.937. The monoisotopic (exact) mass is 445 g/mol. The van der Waals surface area contributed by atoms with E-state index in [0.717, 1.165) is 41.2 Å². The van der Waals surface area contributed by atoms with Crippen molar-refractivity contribution in [2.75, 3.05) is 46.3 Å². The van der Waals surface area contributed by atoms with Crippen LogP contribution in [0.1, 0.15) is 31.2 Å². The average molecular weight is 446 g/mol. The molecule has 1 atom stereocenters. The lowest BCUT2D eigenvalue weighted by molar-refractivity contribution is 0.146. The van der Waals surface area contributed by atoms with Crippen molar-refractivity contribution in [1.29, 1.82) is 0 Å². The number of para-hydroxylation sites is 2. The molecule has 168 valence electrons. The van der Waals surface area contributed by atoms with Gasteiger partial charge in [-0.2, -0.15) is 0 Å². The fraction of sp³-hybridized carbons (Fsp3) is 0.435. The van der Waals surface area contributed by atoms with Crippen LogP contribution in [0.3, 0.4) is 0 Å². The molecule has 2 aromatic rings. The first kappa shape index (κ1) is 23.2. The highest BCUT2D eigenvalue weighted by molar-refractivity contribution is 7.89. The fourth-order valence-electron chi connectivity index (χ4n) is 3.63. The predicted octanol–water partition coefficient (Wildman–Crippen LogP) is 4.04. The van der Waals surface area contributed by atoms with Gasteiger partial charge in [-0.15, -0.1) is 0 Å². The van der Waals surface area contributed by atoms with E-state index in [-0.39, 0.29) is 10.8 Å². The van der Waals surface area contributed by atoms with Crippen LogP contribution in [0.15, 0.2) is 52.4 Å². The van der Waals surface area contributed by atoms with Gasteiger partial charge in [0, 0.05) is 32.8 Å². The minimum absolute atomic E-state index is 0.171. The number of fused-ring (bicyclic) bond motifs is 1. The normalized spacial score (nSPS) is 15.6. The molecule has 31 heavy (non-hydrogen) atoms. The molecule has 1 heterocycles. The number of rotatable bonds is 11. The largest absolute Gasteiger partial charge is 0.489 e. The average Bonchev–Trinajstić information content (AvgIpc) is 3.10. The van der Waals surface area contributed by atoms with Crippen LogP contribution in [-0.4, -0.2) is 59.4 Å². The van der Waals surface area contributed by atoms with Crippen molar-refractivity contribution in [3.8, 4) is 5.75 Å². The molecule has 0 aromatic heterocycles. The van der Waals surface area contributed by atoms with Crippen molar-refractivity contribution in [3.63, 3.8) is 0 Å². The van der Waals surface area contributed by atoms with Crippen molar-refractivity contribution >= 4 is 27.1 Å². The lowest BCUT2D eigenvalue weighted by Gasteiger charge is -2.17. The molecule has 0 amide bonds. The third-order valence-corrected chi connectivity index (χ3v) is 7.10. The van der Waals surface area contributed by atoms with E-state index in [0.29, 0.717) is 19.8 Å². The predicted molar refractivity (Wildman–Crippen MR) is 124 cm³/mol. The lowest BCUT2D eigenvalue weighted by atomic mass is 9.91. The Labute approximate surface area is 185 Å². The van der Waals surface area contributed by atoms with Gasteiger partial charge in [0.05, 0.1) is 29.4 Å². The number of hydrogen-bond acceptors (Lipinski definition) is 6. The quantitative estimate of drug-likeness (QED) is 0.528. The molecule has 2 aromatic carbocycles. The summed E-state index contributed by atoms with van der Waals surface area (Å²) in [7, 11) is 1.22. The number of hydrogen-bond donors (Lipinski definition) is 1. The van der Waals surface area contributed by atoms with Crippen molar-refractivity contribution in [2.24, 2.45) is 4.99 Å². The molecule has 0 bridgehead atoms. The van der Waals surface area contributed by atoms with Crippen molar-refractivity contribution in [2.45, 2.75) is 30.6 Å². The number of ether oxygens (including phenoxy) is 2. The van der Waals surface area contributed by atoms with Gasteiger partial charge < -0.3 is 14.8 Å². The van der Waals surface area contributed by atoms with Gasteiger partial charge in [0.25, 0.3) is 0 Å². The van der Waals surface area contributed by atoms with Gasteiger partial charge in [0.15, 0.2) is 0 Å². The maximum absolute atomic E-state index is 12.5. The van der Waals surface area contributed by atoms with Crippen LogP contribution < -0.4 is 10.1 Å². The van der Waals surface area contributed by atoms with E-state index < -0.39 is 10.0 Å². The van der Waals surface area contributed by atoms with E-state index in [2.05, 4.69) is 12.2 Å². The van der Waals surface area contributed by atoms with Crippen LogP contribution in [0, 0.1) is 0 Å². The summed E-state index contributed by atoms with van der Waals surface area (Å²) in [5, 5.41) is 3.45. The second kappa shape index (κ2) is 10.3. The Balaban J connectivity index is 1.82. The van der Waals surface area contributed by atoms with Gasteiger partial charge in [-0.05, 0) is 36.2 Å². The topological polar surface area (TPSA) is 80.2 Å². The summed E-state index contributed by atoms with van der Waals surface area (Å²) in [4.78, 5) is 5.08. The van der Waals surface area contributed by atoms with Gasteiger partial charge >= 0.3 is 0 Å². The molecule has 0 aliphatic carbocycles. The standard InChI is InChI=1S/C23H31N3O4S/c1-5-8-18-19-12-11-17(31(27,28)26(2)3)15-21(19)25-22(18)16-24-20-9-6-7-10-23(20)30-14-13-29-4/h6-7,9-12,15,18,24H,5,8,13-14,16H2,1-4H3. The summed E-state index contributed by atoms with van der Waals surface area (Å²) in [6, 6.07) is 13.1. The van der Waals surface area contributed by atoms with Gasteiger partial charge in [-0.1, -0.05) is 31.5 Å². The fourth-order valence-corrected chi connectivity index (χ4v) is 4.55. The van der Waals surface area contributed by atoms with Crippen LogP contribution in [-0.2, 0) is 14.8 Å². The van der Waals surface area contributed by atoms with E-state index in [1.807, 2.05) is 30.3 Å². The zero-order valence-corrected chi connectivity index (χ0v) is 19.4.